The summed E-state index contributed by atoms with van der Waals surface area (Å²) in [6.45, 7) is 10.4. The van der Waals surface area contributed by atoms with Gasteiger partial charge in [-0.25, -0.2) is 0 Å². The standard InChI is InChI=1S/C38H34N2/c1-5-8-14-32-27(4)39(37-17-11-9-15-34(32)37)30-23-19-28(20-24-30)29-21-25-31(26-22-29)40-36(7-3)33(13-6-2)35-16-10-12-18-38(35)40/h5-6,8-26H,1,7H2,2-4H3/b13-6-,14-8-. The van der Waals surface area contributed by atoms with Gasteiger partial charge < -0.3 is 9.13 Å². The molecule has 2 nitrogen and oxygen atoms in total. The van der Waals surface area contributed by atoms with Crippen molar-refractivity contribution in [3.05, 3.63) is 144 Å². The lowest BCUT2D eigenvalue weighted by molar-refractivity contribution is 0.957. The van der Waals surface area contributed by atoms with Crippen LogP contribution in [0.4, 0.5) is 0 Å². The third-order valence-electron chi connectivity index (χ3n) is 7.83. The van der Waals surface area contributed by atoms with E-state index in [-0.39, 0.29) is 0 Å². The molecule has 0 aliphatic carbocycles. The molecule has 4 aromatic carbocycles. The van der Waals surface area contributed by atoms with E-state index in [0.29, 0.717) is 0 Å². The minimum absolute atomic E-state index is 0.968. The number of rotatable bonds is 7. The number of hydrogen-bond donors (Lipinski definition) is 0. The van der Waals surface area contributed by atoms with Crippen molar-refractivity contribution in [3.63, 3.8) is 0 Å². The largest absolute Gasteiger partial charge is 0.313 e. The molecule has 2 heterocycles. The Kier molecular flexibility index (Phi) is 6.84. The molecule has 40 heavy (non-hydrogen) atoms. The van der Waals surface area contributed by atoms with E-state index in [4.69, 9.17) is 0 Å². The first-order chi connectivity index (χ1) is 19.7. The van der Waals surface area contributed by atoms with Crippen molar-refractivity contribution >= 4 is 34.0 Å². The first-order valence-electron chi connectivity index (χ1n) is 14.0. The molecule has 0 N–H and O–H groups in total. The van der Waals surface area contributed by atoms with Crippen LogP contribution >= 0.6 is 0 Å². The lowest BCUT2D eigenvalue weighted by Crippen LogP contribution is -2.00. The lowest BCUT2D eigenvalue weighted by Gasteiger charge is -2.13. The fourth-order valence-electron chi connectivity index (χ4n) is 6.02. The van der Waals surface area contributed by atoms with Gasteiger partial charge in [0.15, 0.2) is 0 Å². The van der Waals surface area contributed by atoms with Crippen molar-refractivity contribution in [3.8, 4) is 22.5 Å². The molecule has 0 bridgehead atoms. The minimum atomic E-state index is 0.968. The van der Waals surface area contributed by atoms with Gasteiger partial charge in [0.05, 0.1) is 11.0 Å². The molecule has 0 saturated carbocycles. The number of benzene rings is 4. The predicted molar refractivity (Wildman–Crippen MR) is 174 cm³/mol. The van der Waals surface area contributed by atoms with Crippen molar-refractivity contribution in [1.29, 1.82) is 0 Å². The van der Waals surface area contributed by atoms with Gasteiger partial charge in [0.1, 0.15) is 0 Å². The molecule has 0 radical (unpaired) electrons. The summed E-state index contributed by atoms with van der Waals surface area (Å²) in [6, 6.07) is 35.2. The zero-order chi connectivity index (χ0) is 27.6. The Morgan fingerprint density at radius 2 is 1.18 bits per heavy atom. The van der Waals surface area contributed by atoms with Crippen LogP contribution in [-0.4, -0.2) is 9.13 Å². The molecule has 0 saturated heterocycles. The number of nitrogens with zero attached hydrogens (tertiary/aromatic N) is 2. The van der Waals surface area contributed by atoms with Gasteiger partial charge in [0, 0.05) is 44.7 Å². The highest BCUT2D eigenvalue weighted by molar-refractivity contribution is 5.94. The molecular weight excluding hydrogens is 484 g/mol. The summed E-state index contributed by atoms with van der Waals surface area (Å²) in [4.78, 5) is 0. The van der Waals surface area contributed by atoms with Gasteiger partial charge in [-0.05, 0) is 67.8 Å². The van der Waals surface area contributed by atoms with E-state index in [9.17, 15) is 0 Å². The van der Waals surface area contributed by atoms with Crippen molar-refractivity contribution in [1.82, 2.24) is 9.13 Å². The topological polar surface area (TPSA) is 9.86 Å². The number of allylic oxidation sites excluding steroid dienone is 3. The first kappa shape index (κ1) is 25.5. The quantitative estimate of drug-likeness (QED) is 0.186. The number of fused-ring (bicyclic) bond motifs is 2. The minimum Gasteiger partial charge on any atom is -0.313 e. The van der Waals surface area contributed by atoms with Gasteiger partial charge in [0.2, 0.25) is 0 Å². The molecule has 2 aromatic heterocycles. The van der Waals surface area contributed by atoms with Gasteiger partial charge >= 0.3 is 0 Å². The van der Waals surface area contributed by atoms with Crippen molar-refractivity contribution in [2.45, 2.75) is 27.2 Å². The fourth-order valence-corrected chi connectivity index (χ4v) is 6.02. The zero-order valence-corrected chi connectivity index (χ0v) is 23.4. The van der Waals surface area contributed by atoms with Crippen molar-refractivity contribution in [2.75, 3.05) is 0 Å². The van der Waals surface area contributed by atoms with Gasteiger partial charge in [-0.3, -0.25) is 0 Å². The highest BCUT2D eigenvalue weighted by Crippen LogP contribution is 2.33. The molecule has 0 aliphatic heterocycles. The second-order valence-electron chi connectivity index (χ2n) is 10.1. The summed E-state index contributed by atoms with van der Waals surface area (Å²) in [5.74, 6) is 0. The molecule has 0 spiro atoms. The Labute approximate surface area is 236 Å². The monoisotopic (exact) mass is 518 g/mol. The smallest absolute Gasteiger partial charge is 0.0537 e. The maximum Gasteiger partial charge on any atom is 0.0537 e. The highest BCUT2D eigenvalue weighted by atomic mass is 15.0. The summed E-state index contributed by atoms with van der Waals surface area (Å²) >= 11 is 0. The van der Waals surface area contributed by atoms with Crippen LogP contribution in [0.15, 0.2) is 122 Å². The Hall–Kier alpha value is -4.82. The van der Waals surface area contributed by atoms with Crippen molar-refractivity contribution < 1.29 is 0 Å². The summed E-state index contributed by atoms with van der Waals surface area (Å²) in [5.41, 5.74) is 12.3. The Bertz CT molecular complexity index is 1890. The third-order valence-corrected chi connectivity index (χ3v) is 7.83. The van der Waals surface area contributed by atoms with Gasteiger partial charge in [-0.15, -0.1) is 0 Å². The second-order valence-corrected chi connectivity index (χ2v) is 10.1. The van der Waals surface area contributed by atoms with Crippen LogP contribution < -0.4 is 0 Å². The average Bonchev–Trinajstić information content (AvgIpc) is 3.47. The number of aromatic nitrogens is 2. The predicted octanol–water partition coefficient (Wildman–Crippen LogP) is 10.3. The molecule has 196 valence electrons. The zero-order valence-electron chi connectivity index (χ0n) is 23.4. The van der Waals surface area contributed by atoms with E-state index in [1.807, 2.05) is 12.2 Å². The summed E-state index contributed by atoms with van der Waals surface area (Å²) < 4.78 is 4.76. The summed E-state index contributed by atoms with van der Waals surface area (Å²) in [6.07, 6.45) is 11.3. The number of para-hydroxylation sites is 2. The van der Waals surface area contributed by atoms with Crippen LogP contribution in [0.2, 0.25) is 0 Å². The summed E-state index contributed by atoms with van der Waals surface area (Å²) in [5, 5.41) is 2.55. The maximum absolute atomic E-state index is 3.84. The van der Waals surface area contributed by atoms with E-state index in [1.165, 1.54) is 61.1 Å². The molecule has 6 aromatic rings. The normalized spacial score (nSPS) is 11.9. The molecule has 0 fully saturated rings. The Balaban J connectivity index is 1.37. The van der Waals surface area contributed by atoms with Crippen LogP contribution in [0.1, 0.15) is 36.4 Å². The van der Waals surface area contributed by atoms with E-state index in [0.717, 1.165) is 12.1 Å². The average molecular weight is 519 g/mol. The SMILES string of the molecule is C=C/C=C\c1c(C)n(-c2ccc(-c3ccc(-n4c(CC)c(/C=C\C)c5ccccc54)cc3)cc2)c2ccccc12. The lowest BCUT2D eigenvalue weighted by atomic mass is 10.0. The van der Waals surface area contributed by atoms with E-state index >= 15 is 0 Å². The van der Waals surface area contributed by atoms with Crippen LogP contribution in [0.25, 0.3) is 56.5 Å². The fraction of sp³-hybridized carbons (Fsp3) is 0.105. The Morgan fingerprint density at radius 3 is 1.73 bits per heavy atom. The van der Waals surface area contributed by atoms with Crippen LogP contribution in [0.5, 0.6) is 0 Å². The van der Waals surface area contributed by atoms with E-state index in [2.05, 4.69) is 152 Å². The molecule has 6 rings (SSSR count). The third kappa shape index (κ3) is 4.23. The van der Waals surface area contributed by atoms with Crippen LogP contribution in [0, 0.1) is 6.92 Å². The van der Waals surface area contributed by atoms with Gasteiger partial charge in [-0.1, -0.05) is 105 Å². The van der Waals surface area contributed by atoms with Gasteiger partial charge in [0.25, 0.3) is 0 Å². The molecular formula is C38H34N2. The van der Waals surface area contributed by atoms with E-state index in [1.54, 1.807) is 0 Å². The van der Waals surface area contributed by atoms with E-state index < -0.39 is 0 Å². The summed E-state index contributed by atoms with van der Waals surface area (Å²) in [7, 11) is 0. The maximum atomic E-state index is 3.84. The molecule has 0 aliphatic rings. The first-order valence-corrected chi connectivity index (χ1v) is 14.0. The molecule has 0 unspecified atom stereocenters. The molecule has 0 amide bonds. The second kappa shape index (κ2) is 10.7. The van der Waals surface area contributed by atoms with Crippen LogP contribution in [0.3, 0.4) is 0 Å². The number of hydrogen-bond acceptors (Lipinski definition) is 0. The Morgan fingerprint density at radius 1 is 0.650 bits per heavy atom. The highest BCUT2D eigenvalue weighted by Gasteiger charge is 2.16. The van der Waals surface area contributed by atoms with Gasteiger partial charge in [-0.2, -0.15) is 0 Å². The van der Waals surface area contributed by atoms with Crippen LogP contribution in [-0.2, 0) is 6.42 Å². The molecule has 0 atom stereocenters. The molecule has 2 heteroatoms. The van der Waals surface area contributed by atoms with Crippen molar-refractivity contribution in [2.24, 2.45) is 0 Å².